The number of halogens is 1. The fourth-order valence-corrected chi connectivity index (χ4v) is 1.65. The van der Waals surface area contributed by atoms with Crippen molar-refractivity contribution in [3.63, 3.8) is 0 Å². The Bertz CT molecular complexity index is 619. The van der Waals surface area contributed by atoms with Crippen LogP contribution in [0.5, 0.6) is 11.6 Å². The molecule has 0 aliphatic heterocycles. The monoisotopic (exact) mass is 279 g/mol. The summed E-state index contributed by atoms with van der Waals surface area (Å²) >= 11 is 5.83. The number of rotatable bonds is 4. The highest BCUT2D eigenvalue weighted by Crippen LogP contribution is 2.30. The number of hydrogen-bond acceptors (Lipinski definition) is 5. The molecule has 0 atom stereocenters. The fraction of sp³-hybridized carbons (Fsp3) is 0.167. The Labute approximate surface area is 114 Å². The first kappa shape index (κ1) is 13.2. The van der Waals surface area contributed by atoms with Crippen LogP contribution >= 0.6 is 11.6 Å². The Balaban J connectivity index is 2.36. The molecule has 6 nitrogen and oxygen atoms in total. The van der Waals surface area contributed by atoms with Crippen LogP contribution in [0, 0.1) is 10.1 Å². The van der Waals surface area contributed by atoms with Gasteiger partial charge in [-0.15, -0.1) is 0 Å². The highest BCUT2D eigenvalue weighted by Gasteiger charge is 2.15. The van der Waals surface area contributed by atoms with Crippen LogP contribution < -0.4 is 4.74 Å². The number of aryl methyl sites for hydroxylation is 1. The summed E-state index contributed by atoms with van der Waals surface area (Å²) in [5.41, 5.74) is -0.129. The van der Waals surface area contributed by atoms with Crippen LogP contribution in [0.1, 0.15) is 12.7 Å². The molecule has 0 saturated heterocycles. The predicted molar refractivity (Wildman–Crippen MR) is 69.6 cm³/mol. The molecule has 0 bridgehead atoms. The Morgan fingerprint density at radius 3 is 2.79 bits per heavy atom. The van der Waals surface area contributed by atoms with Crippen molar-refractivity contribution >= 4 is 17.3 Å². The second kappa shape index (κ2) is 5.62. The van der Waals surface area contributed by atoms with Crippen LogP contribution in [0.15, 0.2) is 30.3 Å². The summed E-state index contributed by atoms with van der Waals surface area (Å²) in [5.74, 6) is 0.816. The molecule has 0 spiro atoms. The Morgan fingerprint density at radius 2 is 2.11 bits per heavy atom. The summed E-state index contributed by atoms with van der Waals surface area (Å²) in [6.07, 6.45) is 0.591. The zero-order chi connectivity index (χ0) is 13.8. The van der Waals surface area contributed by atoms with E-state index >= 15 is 0 Å². The summed E-state index contributed by atoms with van der Waals surface area (Å²) in [5, 5.41) is 11.1. The SMILES string of the molecule is CCc1nc(Cl)cc(Oc2ccccc2[N+](=O)[O-])n1. The second-order valence-corrected chi connectivity index (χ2v) is 4.01. The van der Waals surface area contributed by atoms with Gasteiger partial charge in [-0.25, -0.2) is 4.98 Å². The van der Waals surface area contributed by atoms with Gasteiger partial charge in [0.1, 0.15) is 11.0 Å². The fourth-order valence-electron chi connectivity index (χ4n) is 1.46. The van der Waals surface area contributed by atoms with Crippen LogP contribution in [0.25, 0.3) is 0 Å². The van der Waals surface area contributed by atoms with Gasteiger partial charge in [0.25, 0.3) is 0 Å². The van der Waals surface area contributed by atoms with Crippen molar-refractivity contribution < 1.29 is 9.66 Å². The van der Waals surface area contributed by atoms with Gasteiger partial charge in [0.2, 0.25) is 11.6 Å². The van der Waals surface area contributed by atoms with E-state index in [0.29, 0.717) is 12.2 Å². The van der Waals surface area contributed by atoms with Gasteiger partial charge in [-0.2, -0.15) is 4.98 Å². The van der Waals surface area contributed by atoms with E-state index in [1.54, 1.807) is 12.1 Å². The zero-order valence-corrected chi connectivity index (χ0v) is 10.8. The van der Waals surface area contributed by atoms with E-state index in [2.05, 4.69) is 9.97 Å². The minimum absolute atomic E-state index is 0.115. The molecular formula is C12H10ClN3O3. The number of para-hydroxylation sites is 2. The average Bonchev–Trinajstić information content (AvgIpc) is 2.38. The lowest BCUT2D eigenvalue weighted by Gasteiger charge is -2.06. The van der Waals surface area contributed by atoms with Crippen molar-refractivity contribution in [2.24, 2.45) is 0 Å². The van der Waals surface area contributed by atoms with Gasteiger partial charge in [-0.1, -0.05) is 30.7 Å². The minimum Gasteiger partial charge on any atom is -0.432 e. The van der Waals surface area contributed by atoms with Crippen LogP contribution in [0.4, 0.5) is 5.69 Å². The topological polar surface area (TPSA) is 78.2 Å². The van der Waals surface area contributed by atoms with Gasteiger partial charge in [0, 0.05) is 18.6 Å². The Hall–Kier alpha value is -2.21. The van der Waals surface area contributed by atoms with Gasteiger partial charge in [-0.3, -0.25) is 10.1 Å². The van der Waals surface area contributed by atoms with Crippen molar-refractivity contribution in [1.82, 2.24) is 9.97 Å². The van der Waals surface area contributed by atoms with Gasteiger partial charge < -0.3 is 4.74 Å². The first-order valence-electron chi connectivity index (χ1n) is 5.55. The molecule has 0 N–H and O–H groups in total. The first-order chi connectivity index (χ1) is 9.10. The Morgan fingerprint density at radius 1 is 1.37 bits per heavy atom. The van der Waals surface area contributed by atoms with Gasteiger partial charge >= 0.3 is 5.69 Å². The molecule has 98 valence electrons. The highest BCUT2D eigenvalue weighted by atomic mass is 35.5. The third-order valence-electron chi connectivity index (χ3n) is 2.31. The normalized spacial score (nSPS) is 10.2. The standard InChI is InChI=1S/C12H10ClN3O3/c1-2-11-14-10(13)7-12(15-11)19-9-6-4-3-5-8(9)16(17)18/h3-7H,2H2,1H3. The maximum atomic E-state index is 10.9. The molecule has 0 radical (unpaired) electrons. The molecule has 0 aliphatic carbocycles. The molecule has 1 heterocycles. The second-order valence-electron chi connectivity index (χ2n) is 3.63. The number of nitro benzene ring substituents is 1. The molecule has 2 rings (SSSR count). The molecule has 1 aromatic heterocycles. The van der Waals surface area contributed by atoms with E-state index in [-0.39, 0.29) is 22.5 Å². The van der Waals surface area contributed by atoms with Crippen LogP contribution in [0.2, 0.25) is 5.15 Å². The number of benzene rings is 1. The number of nitrogens with zero attached hydrogens (tertiary/aromatic N) is 3. The number of hydrogen-bond donors (Lipinski definition) is 0. The first-order valence-corrected chi connectivity index (χ1v) is 5.92. The van der Waals surface area contributed by atoms with Crippen molar-refractivity contribution in [1.29, 1.82) is 0 Å². The summed E-state index contributed by atoms with van der Waals surface area (Å²) < 4.78 is 5.42. The van der Waals surface area contributed by atoms with Gasteiger partial charge in [-0.05, 0) is 6.07 Å². The maximum Gasteiger partial charge on any atom is 0.311 e. The average molecular weight is 280 g/mol. The maximum absolute atomic E-state index is 10.9. The molecule has 2 aromatic rings. The molecular weight excluding hydrogens is 270 g/mol. The van der Waals surface area contributed by atoms with Crippen molar-refractivity contribution in [3.05, 3.63) is 51.4 Å². The quantitative estimate of drug-likeness (QED) is 0.487. The lowest BCUT2D eigenvalue weighted by Crippen LogP contribution is -1.98. The minimum atomic E-state index is -0.515. The summed E-state index contributed by atoms with van der Waals surface area (Å²) in [4.78, 5) is 18.5. The van der Waals surface area contributed by atoms with E-state index in [1.165, 1.54) is 18.2 Å². The molecule has 0 aliphatic rings. The van der Waals surface area contributed by atoms with E-state index in [0.717, 1.165) is 0 Å². The van der Waals surface area contributed by atoms with Crippen LogP contribution in [-0.2, 0) is 6.42 Å². The molecule has 1 aromatic carbocycles. The summed E-state index contributed by atoms with van der Waals surface area (Å²) in [7, 11) is 0. The van der Waals surface area contributed by atoms with Crippen LogP contribution in [-0.4, -0.2) is 14.9 Å². The van der Waals surface area contributed by atoms with Gasteiger partial charge in [0.15, 0.2) is 0 Å². The van der Waals surface area contributed by atoms with Gasteiger partial charge in [0.05, 0.1) is 4.92 Å². The third kappa shape index (κ3) is 3.17. The smallest absolute Gasteiger partial charge is 0.311 e. The van der Waals surface area contributed by atoms with Crippen molar-refractivity contribution in [3.8, 4) is 11.6 Å². The number of aromatic nitrogens is 2. The lowest BCUT2D eigenvalue weighted by atomic mass is 10.3. The zero-order valence-electron chi connectivity index (χ0n) is 10.0. The van der Waals surface area contributed by atoms with Crippen molar-refractivity contribution in [2.45, 2.75) is 13.3 Å². The number of ether oxygens (including phenoxy) is 1. The van der Waals surface area contributed by atoms with E-state index in [4.69, 9.17) is 16.3 Å². The number of nitro groups is 1. The predicted octanol–water partition coefficient (Wildman–Crippen LogP) is 3.39. The lowest BCUT2D eigenvalue weighted by molar-refractivity contribution is -0.385. The highest BCUT2D eigenvalue weighted by molar-refractivity contribution is 6.29. The molecule has 0 unspecified atom stereocenters. The molecule has 19 heavy (non-hydrogen) atoms. The van der Waals surface area contributed by atoms with E-state index < -0.39 is 4.92 Å². The van der Waals surface area contributed by atoms with E-state index in [1.807, 2.05) is 6.92 Å². The van der Waals surface area contributed by atoms with Crippen LogP contribution in [0.3, 0.4) is 0 Å². The molecule has 7 heteroatoms. The Kier molecular flexibility index (Phi) is 3.91. The molecule has 0 saturated carbocycles. The molecule has 0 amide bonds. The largest absolute Gasteiger partial charge is 0.432 e. The third-order valence-corrected chi connectivity index (χ3v) is 2.50. The van der Waals surface area contributed by atoms with Crippen molar-refractivity contribution in [2.75, 3.05) is 0 Å². The van der Waals surface area contributed by atoms with E-state index in [9.17, 15) is 10.1 Å². The summed E-state index contributed by atoms with van der Waals surface area (Å²) in [6, 6.07) is 7.48. The molecule has 0 fully saturated rings. The summed E-state index contributed by atoms with van der Waals surface area (Å²) in [6.45, 7) is 1.88.